The zero-order chi connectivity index (χ0) is 21.0. The van der Waals surface area contributed by atoms with Gasteiger partial charge in [-0.25, -0.2) is 14.4 Å². The number of urea groups is 1. The van der Waals surface area contributed by atoms with Gasteiger partial charge in [-0.2, -0.15) is 0 Å². The topological polar surface area (TPSA) is 123 Å². The molecule has 1 aromatic heterocycles. The standard InChI is InChI=1S/C18H23N3O6S/c1-6-26-17(24)14-9(3)19-18(25)21-12(14)7-27-16(23)13-8(2)10(4)28-15(13)20-11(5)22/h9H,6-7H2,1-5H3,(H,20,22)(H2,19,21,25)/t9-/m0/s1. The van der Waals surface area contributed by atoms with E-state index in [1.54, 1.807) is 20.8 Å². The predicted octanol–water partition coefficient (Wildman–Crippen LogP) is 2.00. The van der Waals surface area contributed by atoms with Crippen molar-refractivity contribution in [1.82, 2.24) is 10.6 Å². The summed E-state index contributed by atoms with van der Waals surface area (Å²) >= 11 is 1.27. The Balaban J connectivity index is 2.27. The van der Waals surface area contributed by atoms with Crippen LogP contribution < -0.4 is 16.0 Å². The summed E-state index contributed by atoms with van der Waals surface area (Å²) in [6, 6.07) is -1.10. The highest BCUT2D eigenvalue weighted by molar-refractivity contribution is 7.16. The van der Waals surface area contributed by atoms with Gasteiger partial charge < -0.3 is 25.4 Å². The zero-order valence-corrected chi connectivity index (χ0v) is 17.2. The van der Waals surface area contributed by atoms with Gasteiger partial charge in [-0.3, -0.25) is 4.79 Å². The van der Waals surface area contributed by atoms with Crippen LogP contribution in [0.1, 0.15) is 41.6 Å². The molecular formula is C18H23N3O6S. The number of ether oxygens (including phenoxy) is 2. The first-order valence-corrected chi connectivity index (χ1v) is 9.49. The van der Waals surface area contributed by atoms with Crippen molar-refractivity contribution in [2.24, 2.45) is 0 Å². The molecule has 0 spiro atoms. The van der Waals surface area contributed by atoms with E-state index in [9.17, 15) is 19.2 Å². The Morgan fingerprint density at radius 3 is 2.46 bits per heavy atom. The second-order valence-corrected chi connectivity index (χ2v) is 7.40. The molecule has 3 amide bonds. The summed E-state index contributed by atoms with van der Waals surface area (Å²) < 4.78 is 10.4. The minimum Gasteiger partial charge on any atom is -0.463 e. The van der Waals surface area contributed by atoms with E-state index < -0.39 is 24.0 Å². The summed E-state index contributed by atoms with van der Waals surface area (Å²) in [5, 5.41) is 8.08. The highest BCUT2D eigenvalue weighted by Crippen LogP contribution is 2.33. The summed E-state index contributed by atoms with van der Waals surface area (Å²) in [4.78, 5) is 48.9. The van der Waals surface area contributed by atoms with Gasteiger partial charge >= 0.3 is 18.0 Å². The molecule has 28 heavy (non-hydrogen) atoms. The highest BCUT2D eigenvalue weighted by atomic mass is 32.1. The van der Waals surface area contributed by atoms with Gasteiger partial charge in [0.2, 0.25) is 5.91 Å². The molecule has 2 heterocycles. The van der Waals surface area contributed by atoms with Crippen LogP contribution >= 0.6 is 11.3 Å². The van der Waals surface area contributed by atoms with E-state index in [4.69, 9.17) is 9.47 Å². The van der Waals surface area contributed by atoms with Crippen LogP contribution in [0.25, 0.3) is 0 Å². The molecule has 1 aliphatic heterocycles. The first kappa shape index (κ1) is 21.4. The number of rotatable bonds is 6. The quantitative estimate of drug-likeness (QED) is 0.618. The molecule has 3 N–H and O–H groups in total. The molecule has 0 saturated heterocycles. The summed E-state index contributed by atoms with van der Waals surface area (Å²) in [7, 11) is 0. The van der Waals surface area contributed by atoms with Crippen LogP contribution in [-0.4, -0.2) is 43.1 Å². The molecule has 10 heteroatoms. The number of nitrogens with one attached hydrogen (secondary N) is 3. The lowest BCUT2D eigenvalue weighted by atomic mass is 10.0. The lowest BCUT2D eigenvalue weighted by molar-refractivity contribution is -0.139. The molecule has 9 nitrogen and oxygen atoms in total. The molecule has 0 fully saturated rings. The fraction of sp³-hybridized carbons (Fsp3) is 0.444. The first-order valence-electron chi connectivity index (χ1n) is 8.68. The Hall–Kier alpha value is -2.88. The van der Waals surface area contributed by atoms with Crippen molar-refractivity contribution in [2.75, 3.05) is 18.5 Å². The molecule has 0 radical (unpaired) electrons. The van der Waals surface area contributed by atoms with Crippen LogP contribution in [0.5, 0.6) is 0 Å². The van der Waals surface area contributed by atoms with Crippen molar-refractivity contribution < 1.29 is 28.7 Å². The van der Waals surface area contributed by atoms with Gasteiger partial charge in [-0.15, -0.1) is 11.3 Å². The Kier molecular flexibility index (Phi) is 6.79. The Bertz CT molecular complexity index is 858. The lowest BCUT2D eigenvalue weighted by Gasteiger charge is -2.26. The van der Waals surface area contributed by atoms with Gasteiger partial charge in [0.15, 0.2) is 0 Å². The van der Waals surface area contributed by atoms with Crippen LogP contribution in [0.4, 0.5) is 9.80 Å². The number of carbonyl (C=O) groups excluding carboxylic acids is 4. The zero-order valence-electron chi connectivity index (χ0n) is 16.3. The van der Waals surface area contributed by atoms with E-state index in [1.807, 2.05) is 6.92 Å². The molecule has 0 bridgehead atoms. The normalized spacial score (nSPS) is 16.2. The third kappa shape index (κ3) is 4.69. The van der Waals surface area contributed by atoms with E-state index in [1.165, 1.54) is 18.3 Å². The van der Waals surface area contributed by atoms with E-state index in [2.05, 4.69) is 16.0 Å². The van der Waals surface area contributed by atoms with Crippen LogP contribution in [0.15, 0.2) is 11.3 Å². The maximum absolute atomic E-state index is 12.7. The molecule has 1 aliphatic rings. The third-order valence-electron chi connectivity index (χ3n) is 4.09. The van der Waals surface area contributed by atoms with Crippen LogP contribution in [0.3, 0.4) is 0 Å². The molecule has 152 valence electrons. The summed E-state index contributed by atoms with van der Waals surface area (Å²) in [5.74, 6) is -1.57. The minimum absolute atomic E-state index is 0.161. The van der Waals surface area contributed by atoms with E-state index in [0.717, 1.165) is 4.88 Å². The SMILES string of the molecule is CCOC(=O)C1=C(COC(=O)c2c(NC(C)=O)sc(C)c2C)NC(=O)N[C@H]1C. The van der Waals surface area contributed by atoms with Gasteiger partial charge in [0, 0.05) is 11.8 Å². The van der Waals surface area contributed by atoms with Gasteiger partial charge in [0.25, 0.3) is 0 Å². The van der Waals surface area contributed by atoms with E-state index in [-0.39, 0.29) is 36.0 Å². The maximum Gasteiger partial charge on any atom is 0.341 e. The molecule has 0 aliphatic carbocycles. The van der Waals surface area contributed by atoms with Gasteiger partial charge in [-0.05, 0) is 33.3 Å². The predicted molar refractivity (Wildman–Crippen MR) is 103 cm³/mol. The second-order valence-electron chi connectivity index (χ2n) is 6.18. The molecule has 1 aromatic rings. The third-order valence-corrected chi connectivity index (χ3v) is 5.21. The minimum atomic E-state index is -0.665. The average Bonchev–Trinajstić information content (AvgIpc) is 2.85. The molecule has 1 atom stereocenters. The summed E-state index contributed by atoms with van der Waals surface area (Å²) in [6.07, 6.45) is 0. The number of esters is 2. The van der Waals surface area contributed by atoms with Crippen molar-refractivity contribution in [3.63, 3.8) is 0 Å². The number of amides is 3. The van der Waals surface area contributed by atoms with Crippen LogP contribution in [0, 0.1) is 13.8 Å². The van der Waals surface area contributed by atoms with E-state index in [0.29, 0.717) is 10.6 Å². The van der Waals surface area contributed by atoms with Crippen molar-refractivity contribution in [3.05, 3.63) is 27.3 Å². The fourth-order valence-electron chi connectivity index (χ4n) is 2.72. The highest BCUT2D eigenvalue weighted by Gasteiger charge is 2.31. The van der Waals surface area contributed by atoms with Crippen molar-refractivity contribution >= 4 is 40.2 Å². The molecule has 2 rings (SSSR count). The van der Waals surface area contributed by atoms with Crippen molar-refractivity contribution in [2.45, 2.75) is 40.7 Å². The Morgan fingerprint density at radius 2 is 1.86 bits per heavy atom. The largest absolute Gasteiger partial charge is 0.463 e. The van der Waals surface area contributed by atoms with Crippen molar-refractivity contribution in [1.29, 1.82) is 0 Å². The maximum atomic E-state index is 12.7. The van der Waals surface area contributed by atoms with Crippen molar-refractivity contribution in [3.8, 4) is 0 Å². The summed E-state index contributed by atoms with van der Waals surface area (Å²) in [5.41, 5.74) is 1.30. The number of anilines is 1. The van der Waals surface area contributed by atoms with E-state index >= 15 is 0 Å². The molecule has 0 aromatic carbocycles. The van der Waals surface area contributed by atoms with Gasteiger partial charge in [0.05, 0.1) is 29.5 Å². The lowest BCUT2D eigenvalue weighted by Crippen LogP contribution is -2.50. The Morgan fingerprint density at radius 1 is 1.18 bits per heavy atom. The first-order chi connectivity index (χ1) is 13.1. The van der Waals surface area contributed by atoms with Crippen LogP contribution in [0.2, 0.25) is 0 Å². The fourth-order valence-corrected chi connectivity index (χ4v) is 3.82. The second kappa shape index (κ2) is 8.87. The number of carbonyl (C=O) groups is 4. The van der Waals surface area contributed by atoms with Gasteiger partial charge in [0.1, 0.15) is 11.6 Å². The number of aryl methyl sites for hydroxylation is 1. The monoisotopic (exact) mass is 409 g/mol. The number of hydrogen-bond donors (Lipinski definition) is 3. The smallest absolute Gasteiger partial charge is 0.341 e. The number of thiophene rings is 1. The molecule has 0 saturated carbocycles. The summed E-state index contributed by atoms with van der Waals surface area (Å²) in [6.45, 7) is 8.09. The van der Waals surface area contributed by atoms with Gasteiger partial charge in [-0.1, -0.05) is 0 Å². The molecular weight excluding hydrogens is 386 g/mol. The average molecular weight is 409 g/mol. The van der Waals surface area contributed by atoms with Crippen LogP contribution in [-0.2, 0) is 19.1 Å². The number of hydrogen-bond acceptors (Lipinski definition) is 7. The molecule has 0 unspecified atom stereocenters. The Labute approximate surface area is 166 Å².